The van der Waals surface area contributed by atoms with E-state index in [9.17, 15) is 15.2 Å². The minimum atomic E-state index is -1.19. The molecule has 0 fully saturated rings. The summed E-state index contributed by atoms with van der Waals surface area (Å²) in [5.41, 5.74) is 0.384. The average Bonchev–Trinajstić information content (AvgIpc) is 2.47. The molecule has 7 heteroatoms. The first kappa shape index (κ1) is 15.3. The van der Waals surface area contributed by atoms with Crippen molar-refractivity contribution < 1.29 is 25.7 Å². The average molecular weight is 290 g/mol. The van der Waals surface area contributed by atoms with E-state index in [0.717, 1.165) is 0 Å². The molecule has 21 heavy (non-hydrogen) atoms. The van der Waals surface area contributed by atoms with Crippen LogP contribution < -0.4 is 10.5 Å². The van der Waals surface area contributed by atoms with Crippen LogP contribution in [-0.4, -0.2) is 16.2 Å². The highest BCUT2D eigenvalue weighted by Gasteiger charge is 2.18. The van der Waals surface area contributed by atoms with Crippen molar-refractivity contribution in [1.29, 1.82) is 0 Å². The van der Waals surface area contributed by atoms with E-state index in [1.54, 1.807) is 24.3 Å². The Labute approximate surface area is 120 Å². The standard InChI is InChI=1S/C14H14N2O5/c17-14(11-6-2-4-8-13(11)16(20)21)9-10-5-1-3-7-12(10)15(18)19/h1-8,15-16,18,20H,9H2. The summed E-state index contributed by atoms with van der Waals surface area (Å²) in [5.74, 6) is -0.429. The highest BCUT2D eigenvalue weighted by atomic mass is 16.8. The van der Waals surface area contributed by atoms with Crippen LogP contribution in [0.4, 0.5) is 11.4 Å². The SMILES string of the molecule is O=C(Cc1ccccc1[NH+]([O-])O)c1ccccc1[NH+]([O-])O. The van der Waals surface area contributed by atoms with Crippen LogP contribution in [0.2, 0.25) is 0 Å². The molecule has 2 atom stereocenters. The van der Waals surface area contributed by atoms with Crippen molar-refractivity contribution in [3.8, 4) is 0 Å². The molecule has 0 amide bonds. The molecular weight excluding hydrogens is 276 g/mol. The van der Waals surface area contributed by atoms with Gasteiger partial charge in [-0.3, -0.25) is 4.79 Å². The van der Waals surface area contributed by atoms with Gasteiger partial charge in [-0.25, -0.2) is 10.4 Å². The quantitative estimate of drug-likeness (QED) is 0.454. The third-order valence-corrected chi connectivity index (χ3v) is 3.06. The van der Waals surface area contributed by atoms with E-state index in [1.165, 1.54) is 24.3 Å². The Kier molecular flexibility index (Phi) is 4.76. The third-order valence-electron chi connectivity index (χ3n) is 3.06. The minimum absolute atomic E-state index is 0.0404. The van der Waals surface area contributed by atoms with Crippen molar-refractivity contribution in [3.63, 3.8) is 0 Å². The molecule has 2 aromatic carbocycles. The first-order valence-electron chi connectivity index (χ1n) is 6.17. The highest BCUT2D eigenvalue weighted by molar-refractivity contribution is 6.01. The number of benzene rings is 2. The molecule has 0 aromatic heterocycles. The number of hydrogen-bond acceptors (Lipinski definition) is 5. The second-order valence-corrected chi connectivity index (χ2v) is 4.41. The van der Waals surface area contributed by atoms with E-state index in [0.29, 0.717) is 5.56 Å². The molecule has 2 aromatic rings. The Morgan fingerprint density at radius 1 is 0.905 bits per heavy atom. The van der Waals surface area contributed by atoms with Gasteiger partial charge < -0.3 is 10.4 Å². The van der Waals surface area contributed by atoms with Crippen LogP contribution in [0.3, 0.4) is 0 Å². The molecule has 2 rings (SSSR count). The van der Waals surface area contributed by atoms with Crippen LogP contribution in [-0.2, 0) is 6.42 Å². The summed E-state index contributed by atoms with van der Waals surface area (Å²) in [6.07, 6.45) is -0.160. The van der Waals surface area contributed by atoms with Crippen LogP contribution >= 0.6 is 0 Å². The summed E-state index contributed by atoms with van der Waals surface area (Å²) >= 11 is 0. The zero-order valence-electron chi connectivity index (χ0n) is 10.9. The molecular formula is C14H14N2O5. The second-order valence-electron chi connectivity index (χ2n) is 4.41. The number of ketones is 1. The van der Waals surface area contributed by atoms with E-state index in [1.807, 2.05) is 0 Å². The number of nitrogens with one attached hydrogen (secondary N) is 2. The lowest BCUT2D eigenvalue weighted by atomic mass is 10.0. The topological polar surface area (TPSA) is 113 Å². The normalized spacial score (nSPS) is 13.7. The fourth-order valence-corrected chi connectivity index (χ4v) is 2.06. The van der Waals surface area contributed by atoms with Crippen molar-refractivity contribution in [1.82, 2.24) is 0 Å². The smallest absolute Gasteiger partial charge is 0.174 e. The fraction of sp³-hybridized carbons (Fsp3) is 0.0714. The number of rotatable bonds is 5. The van der Waals surface area contributed by atoms with Gasteiger partial charge in [-0.05, 0) is 6.07 Å². The van der Waals surface area contributed by atoms with Crippen molar-refractivity contribution >= 4 is 17.2 Å². The molecule has 0 saturated heterocycles. The van der Waals surface area contributed by atoms with Gasteiger partial charge in [0.25, 0.3) is 0 Å². The summed E-state index contributed by atoms with van der Waals surface area (Å²) in [5, 5.41) is 38.1. The van der Waals surface area contributed by atoms with Gasteiger partial charge in [0.05, 0.1) is 5.56 Å². The molecule has 2 unspecified atom stereocenters. The third kappa shape index (κ3) is 3.50. The largest absolute Gasteiger partial charge is 0.595 e. The zero-order valence-corrected chi connectivity index (χ0v) is 10.9. The zero-order chi connectivity index (χ0) is 15.4. The molecule has 0 aliphatic heterocycles. The van der Waals surface area contributed by atoms with Gasteiger partial charge in [-0.15, -0.1) is 0 Å². The maximum Gasteiger partial charge on any atom is 0.174 e. The summed E-state index contributed by atoms with van der Waals surface area (Å²) in [6, 6.07) is 12.0. The van der Waals surface area contributed by atoms with Crippen molar-refractivity contribution in [2.24, 2.45) is 0 Å². The lowest BCUT2D eigenvalue weighted by molar-refractivity contribution is -0.991. The van der Waals surface area contributed by atoms with Gasteiger partial charge in [-0.2, -0.15) is 10.5 Å². The van der Waals surface area contributed by atoms with E-state index in [4.69, 9.17) is 10.4 Å². The van der Waals surface area contributed by atoms with E-state index < -0.39 is 16.2 Å². The number of carbonyl (C=O) groups excluding carboxylic acids is 1. The van der Waals surface area contributed by atoms with Crippen LogP contribution in [0.15, 0.2) is 48.5 Å². The van der Waals surface area contributed by atoms with E-state index >= 15 is 0 Å². The molecule has 0 radical (unpaired) electrons. The van der Waals surface area contributed by atoms with Crippen LogP contribution in [0.1, 0.15) is 15.9 Å². The molecule has 0 aliphatic rings. The maximum absolute atomic E-state index is 12.3. The molecule has 0 heterocycles. The molecule has 0 spiro atoms. The molecule has 7 nitrogen and oxygen atoms in total. The Morgan fingerprint density at radius 2 is 1.43 bits per heavy atom. The first-order valence-corrected chi connectivity index (χ1v) is 6.17. The maximum atomic E-state index is 12.3. The van der Waals surface area contributed by atoms with E-state index in [2.05, 4.69) is 0 Å². The summed E-state index contributed by atoms with van der Waals surface area (Å²) in [7, 11) is 0. The minimum Gasteiger partial charge on any atom is -0.595 e. The monoisotopic (exact) mass is 290 g/mol. The number of para-hydroxylation sites is 2. The van der Waals surface area contributed by atoms with Gasteiger partial charge in [0, 0.05) is 24.1 Å². The molecule has 0 saturated carbocycles. The lowest BCUT2D eigenvalue weighted by Crippen LogP contribution is -2.99. The van der Waals surface area contributed by atoms with Gasteiger partial charge >= 0.3 is 0 Å². The van der Waals surface area contributed by atoms with Crippen molar-refractivity contribution in [2.75, 3.05) is 0 Å². The lowest BCUT2D eigenvalue weighted by Gasteiger charge is -2.17. The van der Waals surface area contributed by atoms with Gasteiger partial charge in [0.2, 0.25) is 0 Å². The second kappa shape index (κ2) is 6.55. The molecule has 0 bridgehead atoms. The van der Waals surface area contributed by atoms with Gasteiger partial charge in [0.1, 0.15) is 0 Å². The number of quaternary nitrogens is 2. The molecule has 0 aliphatic carbocycles. The Morgan fingerprint density at radius 3 is 2.05 bits per heavy atom. The number of hydrogen-bond donors (Lipinski definition) is 4. The van der Waals surface area contributed by atoms with E-state index in [-0.39, 0.29) is 23.4 Å². The molecule has 110 valence electrons. The predicted molar refractivity (Wildman–Crippen MR) is 72.5 cm³/mol. The van der Waals surface area contributed by atoms with Gasteiger partial charge in [0.15, 0.2) is 17.2 Å². The van der Waals surface area contributed by atoms with Crippen molar-refractivity contribution in [2.45, 2.75) is 6.42 Å². The van der Waals surface area contributed by atoms with Gasteiger partial charge in [-0.1, -0.05) is 30.3 Å². The highest BCUT2D eigenvalue weighted by Crippen LogP contribution is 2.17. The Bertz CT molecular complexity index is 643. The van der Waals surface area contributed by atoms with Crippen LogP contribution in [0.5, 0.6) is 0 Å². The number of carbonyl (C=O) groups is 1. The summed E-state index contributed by atoms with van der Waals surface area (Å²) in [6.45, 7) is 0. The van der Waals surface area contributed by atoms with Crippen LogP contribution in [0.25, 0.3) is 0 Å². The molecule has 4 N–H and O–H groups in total. The van der Waals surface area contributed by atoms with Crippen LogP contribution in [0, 0.1) is 10.4 Å². The summed E-state index contributed by atoms with van der Waals surface area (Å²) < 4.78 is 0. The Balaban J connectivity index is 2.31. The van der Waals surface area contributed by atoms with Crippen molar-refractivity contribution in [3.05, 3.63) is 70.1 Å². The first-order chi connectivity index (χ1) is 10.0. The summed E-state index contributed by atoms with van der Waals surface area (Å²) in [4.78, 5) is 12.3. The predicted octanol–water partition coefficient (Wildman–Crippen LogP) is -0.0812. The fourth-order valence-electron chi connectivity index (χ4n) is 2.06. The number of Topliss-reactive ketones (excluding diaryl/α,β-unsaturated/α-hetero) is 1. The Hall–Kier alpha value is -2.13.